The summed E-state index contributed by atoms with van der Waals surface area (Å²) in [7, 11) is 1.66. The Morgan fingerprint density at radius 2 is 1.76 bits per heavy atom. The number of hydrogen-bond donors (Lipinski definition) is 2. The number of thiophene rings is 2. The fourth-order valence-electron chi connectivity index (χ4n) is 1.83. The molecule has 5 nitrogen and oxygen atoms in total. The van der Waals surface area contributed by atoms with E-state index < -0.39 is 18.0 Å². The quantitative estimate of drug-likeness (QED) is 0.886. The molecule has 2 aromatic rings. The van der Waals surface area contributed by atoms with Gasteiger partial charge in [0.2, 0.25) is 0 Å². The Morgan fingerprint density at radius 3 is 2.24 bits per heavy atom. The molecule has 0 aromatic carbocycles. The predicted octanol–water partition coefficient (Wildman–Crippen LogP) is 3.34. The molecule has 0 radical (unpaired) electrons. The summed E-state index contributed by atoms with van der Waals surface area (Å²) in [5.41, 5.74) is 0. The second-order valence-electron chi connectivity index (χ2n) is 4.54. The van der Waals surface area contributed by atoms with Gasteiger partial charge in [-0.15, -0.1) is 22.7 Å². The van der Waals surface area contributed by atoms with Gasteiger partial charge < -0.3 is 15.3 Å². The summed E-state index contributed by atoms with van der Waals surface area (Å²) in [6.45, 7) is 1.91. The second-order valence-corrected chi connectivity index (χ2v) is 6.50. The van der Waals surface area contributed by atoms with Crippen LogP contribution >= 0.6 is 22.7 Å². The molecule has 0 saturated carbocycles. The number of carbonyl (C=O) groups excluding carboxylic acids is 1. The lowest BCUT2D eigenvalue weighted by Gasteiger charge is -2.26. The number of carboxylic acids is 1. The maximum atomic E-state index is 12.3. The molecule has 2 heterocycles. The van der Waals surface area contributed by atoms with Crippen LogP contribution < -0.4 is 5.32 Å². The molecule has 0 spiro atoms. The van der Waals surface area contributed by atoms with Gasteiger partial charge in [-0.25, -0.2) is 9.59 Å². The first-order chi connectivity index (χ1) is 10.0. The molecule has 0 aliphatic rings. The third-order valence-corrected chi connectivity index (χ3v) is 5.18. The fraction of sp³-hybridized carbons (Fsp3) is 0.286. The van der Waals surface area contributed by atoms with Crippen LogP contribution in [0.1, 0.15) is 28.8 Å². The van der Waals surface area contributed by atoms with Crippen molar-refractivity contribution in [3.8, 4) is 0 Å². The van der Waals surface area contributed by atoms with Crippen molar-refractivity contribution in [2.24, 2.45) is 0 Å². The van der Waals surface area contributed by atoms with Crippen LogP contribution in [-0.4, -0.2) is 29.1 Å². The van der Waals surface area contributed by atoms with Crippen molar-refractivity contribution in [3.05, 3.63) is 44.8 Å². The number of nitrogens with one attached hydrogen (secondary N) is 1. The zero-order valence-electron chi connectivity index (χ0n) is 11.6. The third kappa shape index (κ3) is 3.62. The minimum absolute atomic E-state index is 0.109. The van der Waals surface area contributed by atoms with E-state index in [1.54, 1.807) is 35.9 Å². The summed E-state index contributed by atoms with van der Waals surface area (Å²) in [5, 5.41) is 15.6. The first-order valence-corrected chi connectivity index (χ1v) is 8.09. The molecule has 0 aliphatic carbocycles. The van der Waals surface area contributed by atoms with E-state index >= 15 is 0 Å². The zero-order valence-corrected chi connectivity index (χ0v) is 13.3. The number of carboxylic acid groups (broad SMARTS) is 1. The molecular formula is C14H16N2O3S2. The van der Waals surface area contributed by atoms with Gasteiger partial charge in [-0.1, -0.05) is 12.1 Å². The Morgan fingerprint density at radius 1 is 1.19 bits per heavy atom. The number of carbonyl (C=O) groups is 2. The summed E-state index contributed by atoms with van der Waals surface area (Å²) in [5.74, 6) is -1.07. The largest absolute Gasteiger partial charge is 0.479 e. The minimum atomic E-state index is -1.07. The maximum Gasteiger partial charge on any atom is 0.331 e. The highest BCUT2D eigenvalue weighted by Gasteiger charge is 2.26. The van der Waals surface area contributed by atoms with Gasteiger partial charge >= 0.3 is 12.0 Å². The van der Waals surface area contributed by atoms with Crippen LogP contribution in [0.5, 0.6) is 0 Å². The summed E-state index contributed by atoms with van der Waals surface area (Å²) >= 11 is 2.87. The predicted molar refractivity (Wildman–Crippen MR) is 83.7 cm³/mol. The van der Waals surface area contributed by atoms with E-state index in [4.69, 9.17) is 0 Å². The highest BCUT2D eigenvalue weighted by Crippen LogP contribution is 2.24. The van der Waals surface area contributed by atoms with Gasteiger partial charge in [-0.2, -0.15) is 0 Å². The Kier molecular flexibility index (Phi) is 4.98. The molecule has 2 rings (SSSR count). The van der Waals surface area contributed by atoms with Crippen molar-refractivity contribution in [2.45, 2.75) is 19.0 Å². The van der Waals surface area contributed by atoms with E-state index in [-0.39, 0.29) is 6.04 Å². The fourth-order valence-corrected chi connectivity index (χ4v) is 3.42. The van der Waals surface area contributed by atoms with Gasteiger partial charge in [0.05, 0.1) is 6.04 Å². The smallest absolute Gasteiger partial charge is 0.331 e. The van der Waals surface area contributed by atoms with Gasteiger partial charge in [0.1, 0.15) is 0 Å². The topological polar surface area (TPSA) is 69.6 Å². The van der Waals surface area contributed by atoms with Crippen LogP contribution in [0.4, 0.5) is 4.79 Å². The minimum Gasteiger partial charge on any atom is -0.479 e. The van der Waals surface area contributed by atoms with Crippen LogP contribution in [0.3, 0.4) is 0 Å². The van der Waals surface area contributed by atoms with Crippen LogP contribution in [0.15, 0.2) is 35.0 Å². The molecule has 2 unspecified atom stereocenters. The number of rotatable bonds is 5. The number of hydrogen-bond acceptors (Lipinski definition) is 4. The summed E-state index contributed by atoms with van der Waals surface area (Å²) in [6.07, 6.45) is 0. The number of urea groups is 1. The van der Waals surface area contributed by atoms with Gasteiger partial charge in [-0.05, 0) is 29.8 Å². The van der Waals surface area contributed by atoms with Crippen molar-refractivity contribution in [2.75, 3.05) is 7.05 Å². The lowest BCUT2D eigenvalue weighted by atomic mass is 10.2. The average Bonchev–Trinajstić information content (AvgIpc) is 3.14. The maximum absolute atomic E-state index is 12.3. The molecule has 0 aliphatic heterocycles. The first kappa shape index (κ1) is 15.5. The van der Waals surface area contributed by atoms with Gasteiger partial charge in [-0.3, -0.25) is 0 Å². The van der Waals surface area contributed by atoms with Crippen molar-refractivity contribution >= 4 is 34.7 Å². The lowest BCUT2D eigenvalue weighted by Crippen LogP contribution is -2.42. The summed E-state index contributed by atoms with van der Waals surface area (Å²) < 4.78 is 0. The van der Waals surface area contributed by atoms with Crippen molar-refractivity contribution < 1.29 is 14.7 Å². The zero-order chi connectivity index (χ0) is 15.4. The third-order valence-electron chi connectivity index (χ3n) is 3.20. The highest BCUT2D eigenvalue weighted by atomic mass is 32.1. The van der Waals surface area contributed by atoms with E-state index in [0.717, 1.165) is 4.88 Å². The molecular weight excluding hydrogens is 308 g/mol. The van der Waals surface area contributed by atoms with Crippen LogP contribution in [0, 0.1) is 0 Å². The molecule has 112 valence electrons. The Balaban J connectivity index is 2.07. The summed E-state index contributed by atoms with van der Waals surface area (Å²) in [4.78, 5) is 26.7. The molecule has 0 bridgehead atoms. The van der Waals surface area contributed by atoms with Crippen LogP contribution in [0.2, 0.25) is 0 Å². The van der Waals surface area contributed by atoms with E-state index in [1.165, 1.54) is 16.2 Å². The molecule has 2 aromatic heterocycles. The molecule has 2 atom stereocenters. The van der Waals surface area contributed by atoms with Gasteiger partial charge in [0, 0.05) is 16.8 Å². The van der Waals surface area contributed by atoms with E-state index in [2.05, 4.69) is 5.32 Å². The molecule has 0 saturated heterocycles. The van der Waals surface area contributed by atoms with Gasteiger partial charge in [0.15, 0.2) is 6.04 Å². The number of amides is 2. The van der Waals surface area contributed by atoms with Crippen molar-refractivity contribution in [1.29, 1.82) is 0 Å². The van der Waals surface area contributed by atoms with Crippen molar-refractivity contribution in [1.82, 2.24) is 10.2 Å². The van der Waals surface area contributed by atoms with Gasteiger partial charge in [0.25, 0.3) is 0 Å². The monoisotopic (exact) mass is 324 g/mol. The Labute approximate surface area is 130 Å². The van der Waals surface area contributed by atoms with Crippen LogP contribution in [0.25, 0.3) is 0 Å². The van der Waals surface area contributed by atoms with Crippen LogP contribution in [-0.2, 0) is 4.79 Å². The number of nitrogens with zero attached hydrogens (tertiary/aromatic N) is 1. The lowest BCUT2D eigenvalue weighted by molar-refractivity contribution is -0.139. The summed E-state index contributed by atoms with van der Waals surface area (Å²) in [6, 6.07) is 5.81. The SMILES string of the molecule is CC(c1cccs1)N(C)C(=O)NC(C(=O)O)c1cccs1. The Bertz CT molecular complexity index is 596. The first-order valence-electron chi connectivity index (χ1n) is 6.33. The van der Waals surface area contributed by atoms with E-state index in [0.29, 0.717) is 4.88 Å². The Hall–Kier alpha value is -1.86. The second kappa shape index (κ2) is 6.73. The average molecular weight is 324 g/mol. The normalized spacial score (nSPS) is 13.4. The number of aliphatic carboxylic acids is 1. The molecule has 2 N–H and O–H groups in total. The molecule has 2 amide bonds. The molecule has 0 fully saturated rings. The van der Waals surface area contributed by atoms with E-state index in [1.807, 2.05) is 24.4 Å². The molecule has 21 heavy (non-hydrogen) atoms. The molecule has 7 heteroatoms. The van der Waals surface area contributed by atoms with E-state index in [9.17, 15) is 14.7 Å². The highest BCUT2D eigenvalue weighted by molar-refractivity contribution is 7.10. The standard InChI is InChI=1S/C14H16N2O3S2/c1-9(10-5-3-7-20-10)16(2)14(19)15-12(13(17)18)11-6-4-8-21-11/h3-9,12H,1-2H3,(H,15,19)(H,17,18). The van der Waals surface area contributed by atoms with Crippen molar-refractivity contribution in [3.63, 3.8) is 0 Å².